The van der Waals surface area contributed by atoms with Crippen molar-refractivity contribution in [1.29, 1.82) is 0 Å². The summed E-state index contributed by atoms with van der Waals surface area (Å²) in [5.41, 5.74) is 2.24. The molecule has 0 aromatic heterocycles. The van der Waals surface area contributed by atoms with Gasteiger partial charge in [-0.25, -0.2) is 0 Å². The van der Waals surface area contributed by atoms with Crippen LogP contribution >= 0.6 is 0 Å². The average molecular weight is 440 g/mol. The number of benzene rings is 2. The maximum absolute atomic E-state index is 12.8. The number of non-ortho nitro benzene ring substituents is 1. The van der Waals surface area contributed by atoms with Crippen LogP contribution in [0, 0.1) is 10.1 Å². The molecule has 2 aliphatic rings. The van der Waals surface area contributed by atoms with Gasteiger partial charge >= 0.3 is 0 Å². The second-order valence-corrected chi connectivity index (χ2v) is 8.10. The Balaban J connectivity index is 1.22. The van der Waals surface area contributed by atoms with Crippen LogP contribution in [0.15, 0.2) is 48.5 Å². The molecule has 32 heavy (non-hydrogen) atoms. The predicted molar refractivity (Wildman–Crippen MR) is 124 cm³/mol. The molecule has 2 heterocycles. The zero-order valence-electron chi connectivity index (χ0n) is 18.4. The van der Waals surface area contributed by atoms with Crippen molar-refractivity contribution in [3.63, 3.8) is 0 Å². The number of carbonyl (C=O) groups is 1. The standard InChI is InChI=1S/C23H29N5O4/c1-32-22-8-6-20(7-9-22)26-14-16-27(17-15-26)23(29)18-24-10-12-25(13-11-24)19-2-4-21(5-3-19)28(30)31/h2-9H,10-18H2,1H3. The molecular weight excluding hydrogens is 410 g/mol. The predicted octanol–water partition coefficient (Wildman–Crippen LogP) is 2.07. The Labute approximate surface area is 187 Å². The van der Waals surface area contributed by atoms with E-state index >= 15 is 0 Å². The van der Waals surface area contributed by atoms with Crippen LogP contribution in [-0.4, -0.2) is 86.6 Å². The van der Waals surface area contributed by atoms with Crippen LogP contribution in [-0.2, 0) is 4.79 Å². The number of rotatable bonds is 6. The van der Waals surface area contributed by atoms with Gasteiger partial charge in [0.15, 0.2) is 0 Å². The van der Waals surface area contributed by atoms with Gasteiger partial charge in [0.2, 0.25) is 5.91 Å². The van der Waals surface area contributed by atoms with E-state index in [9.17, 15) is 14.9 Å². The molecule has 2 fully saturated rings. The highest BCUT2D eigenvalue weighted by Gasteiger charge is 2.25. The number of hydrogen-bond acceptors (Lipinski definition) is 7. The number of piperazine rings is 2. The fraction of sp³-hybridized carbons (Fsp3) is 0.435. The molecular formula is C23H29N5O4. The molecule has 0 saturated carbocycles. The van der Waals surface area contributed by atoms with Crippen LogP contribution in [0.5, 0.6) is 5.75 Å². The van der Waals surface area contributed by atoms with E-state index in [4.69, 9.17) is 4.74 Å². The Morgan fingerprint density at radius 2 is 1.34 bits per heavy atom. The van der Waals surface area contributed by atoms with Crippen molar-refractivity contribution in [2.75, 3.05) is 75.8 Å². The molecule has 0 N–H and O–H groups in total. The molecule has 0 bridgehead atoms. The van der Waals surface area contributed by atoms with Crippen LogP contribution in [0.25, 0.3) is 0 Å². The van der Waals surface area contributed by atoms with Gasteiger partial charge < -0.3 is 19.4 Å². The quantitative estimate of drug-likeness (QED) is 0.503. The van der Waals surface area contributed by atoms with Crippen LogP contribution in [0.1, 0.15) is 0 Å². The Morgan fingerprint density at radius 1 is 0.844 bits per heavy atom. The minimum atomic E-state index is -0.385. The number of ether oxygens (including phenoxy) is 1. The fourth-order valence-electron chi connectivity index (χ4n) is 4.25. The highest BCUT2D eigenvalue weighted by molar-refractivity contribution is 5.78. The minimum Gasteiger partial charge on any atom is -0.497 e. The van der Waals surface area contributed by atoms with E-state index in [-0.39, 0.29) is 16.5 Å². The molecule has 9 heteroatoms. The lowest BCUT2D eigenvalue weighted by Gasteiger charge is -2.39. The fourth-order valence-corrected chi connectivity index (χ4v) is 4.25. The molecule has 4 rings (SSSR count). The molecule has 0 spiro atoms. The zero-order valence-corrected chi connectivity index (χ0v) is 18.4. The Hall–Kier alpha value is -3.33. The topological polar surface area (TPSA) is 82.4 Å². The zero-order chi connectivity index (χ0) is 22.5. The maximum Gasteiger partial charge on any atom is 0.269 e. The van der Waals surface area contributed by atoms with Gasteiger partial charge in [0.1, 0.15) is 5.75 Å². The highest BCUT2D eigenvalue weighted by atomic mass is 16.6. The number of anilines is 2. The lowest BCUT2D eigenvalue weighted by Crippen LogP contribution is -2.54. The monoisotopic (exact) mass is 439 g/mol. The second kappa shape index (κ2) is 9.86. The normalized spacial score (nSPS) is 17.3. The molecule has 0 aliphatic carbocycles. The number of carbonyl (C=O) groups excluding carboxylic acids is 1. The van der Waals surface area contributed by atoms with Gasteiger partial charge in [0, 0.05) is 75.9 Å². The molecule has 2 aliphatic heterocycles. The van der Waals surface area contributed by atoms with Crippen molar-refractivity contribution in [2.24, 2.45) is 0 Å². The van der Waals surface area contributed by atoms with Crippen molar-refractivity contribution in [2.45, 2.75) is 0 Å². The van der Waals surface area contributed by atoms with E-state index in [1.807, 2.05) is 17.0 Å². The van der Waals surface area contributed by atoms with Crippen molar-refractivity contribution in [3.05, 3.63) is 58.6 Å². The number of amides is 1. The number of nitro benzene ring substituents is 1. The molecule has 0 atom stereocenters. The van der Waals surface area contributed by atoms with Crippen molar-refractivity contribution >= 4 is 23.0 Å². The van der Waals surface area contributed by atoms with Crippen LogP contribution in [0.4, 0.5) is 17.1 Å². The van der Waals surface area contributed by atoms with Gasteiger partial charge in [0.05, 0.1) is 18.6 Å². The van der Waals surface area contributed by atoms with E-state index in [0.29, 0.717) is 6.54 Å². The van der Waals surface area contributed by atoms with Crippen LogP contribution < -0.4 is 14.5 Å². The largest absolute Gasteiger partial charge is 0.497 e. The Kier molecular flexibility index (Phi) is 6.75. The van der Waals surface area contributed by atoms with Crippen LogP contribution in [0.2, 0.25) is 0 Å². The van der Waals surface area contributed by atoms with Gasteiger partial charge in [-0.2, -0.15) is 0 Å². The lowest BCUT2D eigenvalue weighted by atomic mass is 10.2. The summed E-state index contributed by atoms with van der Waals surface area (Å²) in [6, 6.07) is 14.7. The molecule has 170 valence electrons. The minimum absolute atomic E-state index is 0.102. The lowest BCUT2D eigenvalue weighted by molar-refractivity contribution is -0.384. The van der Waals surface area contributed by atoms with E-state index < -0.39 is 0 Å². The summed E-state index contributed by atoms with van der Waals surface area (Å²) in [5.74, 6) is 1.03. The van der Waals surface area contributed by atoms with E-state index in [1.54, 1.807) is 19.2 Å². The van der Waals surface area contributed by atoms with Gasteiger partial charge in [-0.15, -0.1) is 0 Å². The molecule has 0 unspecified atom stereocenters. The maximum atomic E-state index is 12.8. The summed E-state index contributed by atoms with van der Waals surface area (Å²) >= 11 is 0. The summed E-state index contributed by atoms with van der Waals surface area (Å²) in [6.07, 6.45) is 0. The first-order chi connectivity index (χ1) is 15.5. The smallest absolute Gasteiger partial charge is 0.269 e. The van der Waals surface area contributed by atoms with Gasteiger partial charge in [-0.3, -0.25) is 19.8 Å². The van der Waals surface area contributed by atoms with Crippen LogP contribution in [0.3, 0.4) is 0 Å². The Bertz CT molecular complexity index is 918. The second-order valence-electron chi connectivity index (χ2n) is 8.10. The SMILES string of the molecule is COc1ccc(N2CCN(C(=O)CN3CCN(c4ccc([N+](=O)[O-])cc4)CC3)CC2)cc1. The number of hydrogen-bond donors (Lipinski definition) is 0. The van der Waals surface area contributed by atoms with E-state index in [1.165, 1.54) is 12.1 Å². The molecule has 2 aromatic rings. The van der Waals surface area contributed by atoms with E-state index in [2.05, 4.69) is 26.8 Å². The molecule has 2 aromatic carbocycles. The third-order valence-electron chi connectivity index (χ3n) is 6.23. The summed E-state index contributed by atoms with van der Waals surface area (Å²) in [5, 5.41) is 10.8. The number of methoxy groups -OCH3 is 1. The first kappa shape index (κ1) is 21.9. The first-order valence-corrected chi connectivity index (χ1v) is 10.9. The highest BCUT2D eigenvalue weighted by Crippen LogP contribution is 2.22. The first-order valence-electron chi connectivity index (χ1n) is 10.9. The van der Waals surface area contributed by atoms with Crippen molar-refractivity contribution < 1.29 is 14.5 Å². The van der Waals surface area contributed by atoms with Crippen molar-refractivity contribution in [1.82, 2.24) is 9.80 Å². The molecule has 1 amide bonds. The third kappa shape index (κ3) is 5.11. The number of nitro groups is 1. The summed E-state index contributed by atoms with van der Waals surface area (Å²) in [7, 11) is 1.66. The third-order valence-corrected chi connectivity index (χ3v) is 6.23. The van der Waals surface area contributed by atoms with Gasteiger partial charge in [-0.1, -0.05) is 0 Å². The summed E-state index contributed by atoms with van der Waals surface area (Å²) < 4.78 is 5.22. The van der Waals surface area contributed by atoms with Gasteiger partial charge in [-0.05, 0) is 36.4 Å². The molecule has 0 radical (unpaired) electrons. The van der Waals surface area contributed by atoms with Crippen molar-refractivity contribution in [3.8, 4) is 5.75 Å². The molecule has 9 nitrogen and oxygen atoms in total. The Morgan fingerprint density at radius 3 is 1.84 bits per heavy atom. The number of nitrogens with zero attached hydrogens (tertiary/aromatic N) is 5. The summed E-state index contributed by atoms with van der Waals surface area (Å²) in [6.45, 7) is 6.76. The summed E-state index contributed by atoms with van der Waals surface area (Å²) in [4.78, 5) is 31.9. The van der Waals surface area contributed by atoms with Gasteiger partial charge in [0.25, 0.3) is 5.69 Å². The average Bonchev–Trinajstić information content (AvgIpc) is 2.85. The molecule has 2 saturated heterocycles. The van der Waals surface area contributed by atoms with E-state index in [0.717, 1.165) is 69.5 Å².